The van der Waals surface area contributed by atoms with Gasteiger partial charge in [0.1, 0.15) is 29.4 Å². The molecule has 0 radical (unpaired) electrons. The van der Waals surface area contributed by atoms with Gasteiger partial charge in [-0.15, -0.1) is 0 Å². The average molecular weight is 692 g/mol. The fourth-order valence-electron chi connectivity index (χ4n) is 6.43. The van der Waals surface area contributed by atoms with Gasteiger partial charge in [-0.3, -0.25) is 4.79 Å². The van der Waals surface area contributed by atoms with Gasteiger partial charge in [0, 0.05) is 38.3 Å². The standard InChI is InChI=1S/C39H50ClN3O6/c1-9-46-33-23-42(19-17-29(33)36(44)48-38(3,4)5)34-15-11-14-32(41-34)28-12-10-13-31(40)35(28)47-24-26-20-25(2)30-22-43(18-16-27(30)21-26)37(45)49-39(6,7)8/h10-15,20-21,29,33H,9,16-19,22-24H2,1-8H3/t29-,33+/m1/s1. The van der Waals surface area contributed by atoms with Crippen LogP contribution in [-0.4, -0.2) is 65.5 Å². The summed E-state index contributed by atoms with van der Waals surface area (Å²) in [6, 6.07) is 15.9. The number of esters is 1. The Bertz CT molecular complexity index is 1660. The van der Waals surface area contributed by atoms with E-state index in [-0.39, 0.29) is 24.1 Å². The molecule has 1 amide bonds. The summed E-state index contributed by atoms with van der Waals surface area (Å²) in [7, 11) is 0. The number of hydrogen-bond acceptors (Lipinski definition) is 8. The maximum absolute atomic E-state index is 13.0. The first-order valence-corrected chi connectivity index (χ1v) is 17.6. The third-order valence-corrected chi connectivity index (χ3v) is 8.91. The molecule has 2 aliphatic rings. The van der Waals surface area contributed by atoms with Crippen LogP contribution in [0, 0.1) is 12.8 Å². The second kappa shape index (κ2) is 15.0. The van der Waals surface area contributed by atoms with Crippen molar-refractivity contribution in [2.45, 2.75) is 98.7 Å². The molecule has 3 heterocycles. The van der Waals surface area contributed by atoms with Crippen molar-refractivity contribution in [3.8, 4) is 17.0 Å². The summed E-state index contributed by atoms with van der Waals surface area (Å²) >= 11 is 6.74. The molecule has 1 saturated heterocycles. The molecule has 3 aromatic rings. The molecule has 0 spiro atoms. The molecule has 2 aromatic carbocycles. The van der Waals surface area contributed by atoms with E-state index in [1.165, 1.54) is 5.56 Å². The first kappa shape index (κ1) is 36.5. The van der Waals surface area contributed by atoms with Crippen molar-refractivity contribution in [3.05, 3.63) is 75.8 Å². The zero-order valence-corrected chi connectivity index (χ0v) is 30.9. The Morgan fingerprint density at radius 2 is 1.71 bits per heavy atom. The number of para-hydroxylation sites is 1. The van der Waals surface area contributed by atoms with E-state index in [0.29, 0.717) is 56.6 Å². The number of fused-ring (bicyclic) bond motifs is 1. The van der Waals surface area contributed by atoms with E-state index in [0.717, 1.165) is 40.2 Å². The highest BCUT2D eigenvalue weighted by molar-refractivity contribution is 6.32. The zero-order chi connectivity index (χ0) is 35.5. The summed E-state index contributed by atoms with van der Waals surface area (Å²) in [6.07, 6.45) is 0.769. The molecule has 9 nitrogen and oxygen atoms in total. The summed E-state index contributed by atoms with van der Waals surface area (Å²) < 4.78 is 23.8. The van der Waals surface area contributed by atoms with E-state index in [1.54, 1.807) is 4.90 Å². The van der Waals surface area contributed by atoms with Crippen molar-refractivity contribution in [1.29, 1.82) is 0 Å². The van der Waals surface area contributed by atoms with E-state index in [1.807, 2.05) is 84.9 Å². The number of benzene rings is 2. The van der Waals surface area contributed by atoms with Crippen LogP contribution in [0.15, 0.2) is 48.5 Å². The minimum atomic E-state index is -0.554. The van der Waals surface area contributed by atoms with Crippen LogP contribution in [-0.2, 0) is 38.6 Å². The van der Waals surface area contributed by atoms with Crippen molar-refractivity contribution < 1.29 is 28.5 Å². The van der Waals surface area contributed by atoms with Crippen molar-refractivity contribution in [3.63, 3.8) is 0 Å². The van der Waals surface area contributed by atoms with Crippen LogP contribution < -0.4 is 9.64 Å². The lowest BCUT2D eigenvalue weighted by atomic mass is 9.93. The van der Waals surface area contributed by atoms with E-state index >= 15 is 0 Å². The van der Waals surface area contributed by atoms with Gasteiger partial charge in [-0.1, -0.05) is 35.9 Å². The third kappa shape index (κ3) is 9.25. The minimum absolute atomic E-state index is 0.218. The van der Waals surface area contributed by atoms with Crippen LogP contribution in [0.5, 0.6) is 5.75 Å². The number of hydrogen-bond donors (Lipinski definition) is 0. The quantitative estimate of drug-likeness (QED) is 0.219. The third-order valence-electron chi connectivity index (χ3n) is 8.61. The number of anilines is 1. The highest BCUT2D eigenvalue weighted by Gasteiger charge is 2.38. The predicted octanol–water partition coefficient (Wildman–Crippen LogP) is 8.16. The molecule has 0 aliphatic carbocycles. The number of aromatic nitrogens is 1. The summed E-state index contributed by atoms with van der Waals surface area (Å²) in [4.78, 5) is 34.7. The Morgan fingerprint density at radius 3 is 2.43 bits per heavy atom. The number of carbonyl (C=O) groups is 2. The van der Waals surface area contributed by atoms with Crippen molar-refractivity contribution >= 4 is 29.5 Å². The lowest BCUT2D eigenvalue weighted by molar-refractivity contribution is -0.166. The van der Waals surface area contributed by atoms with E-state index in [9.17, 15) is 9.59 Å². The number of piperidine rings is 1. The molecule has 2 atom stereocenters. The van der Waals surface area contributed by atoms with Crippen LogP contribution in [0.4, 0.5) is 10.6 Å². The van der Waals surface area contributed by atoms with Crippen LogP contribution in [0.1, 0.15) is 77.1 Å². The normalized spacial score (nSPS) is 18.1. The van der Waals surface area contributed by atoms with Crippen LogP contribution in [0.2, 0.25) is 5.02 Å². The average Bonchev–Trinajstić information content (AvgIpc) is 3.02. The molecule has 10 heteroatoms. The highest BCUT2D eigenvalue weighted by atomic mass is 35.5. The first-order chi connectivity index (χ1) is 23.1. The lowest BCUT2D eigenvalue weighted by Crippen LogP contribution is -2.49. The number of amides is 1. The fourth-order valence-corrected chi connectivity index (χ4v) is 6.66. The molecule has 0 bridgehead atoms. The predicted molar refractivity (Wildman–Crippen MR) is 192 cm³/mol. The van der Waals surface area contributed by atoms with Crippen LogP contribution in [0.3, 0.4) is 0 Å². The second-order valence-electron chi connectivity index (χ2n) is 14.9. The van der Waals surface area contributed by atoms with E-state index in [2.05, 4.69) is 24.0 Å². The summed E-state index contributed by atoms with van der Waals surface area (Å²) in [5.41, 5.74) is 4.96. The topological polar surface area (TPSA) is 90.4 Å². The molecule has 1 aromatic heterocycles. The van der Waals surface area contributed by atoms with E-state index in [4.69, 9.17) is 35.5 Å². The monoisotopic (exact) mass is 691 g/mol. The molecule has 2 aliphatic heterocycles. The lowest BCUT2D eigenvalue weighted by Gasteiger charge is -2.38. The molecule has 0 unspecified atom stereocenters. The number of nitrogens with zero attached hydrogens (tertiary/aromatic N) is 3. The Morgan fingerprint density at radius 1 is 0.980 bits per heavy atom. The zero-order valence-electron chi connectivity index (χ0n) is 30.1. The smallest absolute Gasteiger partial charge is 0.410 e. The van der Waals surface area contributed by atoms with Crippen molar-refractivity contribution in [1.82, 2.24) is 9.88 Å². The fraction of sp³-hybridized carbons (Fsp3) is 0.513. The highest BCUT2D eigenvalue weighted by Crippen LogP contribution is 2.37. The van der Waals surface area contributed by atoms with Gasteiger partial charge in [0.2, 0.25) is 0 Å². The number of ether oxygens (including phenoxy) is 4. The van der Waals surface area contributed by atoms with Crippen molar-refractivity contribution in [2.24, 2.45) is 5.92 Å². The van der Waals surface area contributed by atoms with Gasteiger partial charge in [-0.2, -0.15) is 0 Å². The summed E-state index contributed by atoms with van der Waals surface area (Å²) in [5, 5.41) is 0.502. The molecule has 0 N–H and O–H groups in total. The molecule has 264 valence electrons. The number of carbonyl (C=O) groups excluding carboxylic acids is 2. The van der Waals surface area contributed by atoms with Gasteiger partial charge in [-0.05, 0) is 115 Å². The van der Waals surface area contributed by atoms with Gasteiger partial charge < -0.3 is 28.7 Å². The summed E-state index contributed by atoms with van der Waals surface area (Å²) in [6.45, 7) is 18.5. The Balaban J connectivity index is 1.31. The van der Waals surface area contributed by atoms with Crippen molar-refractivity contribution in [2.75, 3.05) is 31.1 Å². The van der Waals surface area contributed by atoms with E-state index < -0.39 is 11.2 Å². The Kier molecular flexibility index (Phi) is 11.1. The van der Waals surface area contributed by atoms with Crippen LogP contribution >= 0.6 is 11.6 Å². The summed E-state index contributed by atoms with van der Waals surface area (Å²) in [5.74, 6) is 0.810. The van der Waals surface area contributed by atoms with Gasteiger partial charge in [0.25, 0.3) is 0 Å². The van der Waals surface area contributed by atoms with Crippen LogP contribution in [0.25, 0.3) is 11.3 Å². The maximum atomic E-state index is 13.0. The molecular formula is C39H50ClN3O6. The maximum Gasteiger partial charge on any atom is 0.410 e. The van der Waals surface area contributed by atoms with Gasteiger partial charge >= 0.3 is 12.1 Å². The molecule has 5 rings (SSSR count). The van der Waals surface area contributed by atoms with Gasteiger partial charge in [0.05, 0.1) is 22.7 Å². The molecule has 49 heavy (non-hydrogen) atoms. The molecule has 0 saturated carbocycles. The van der Waals surface area contributed by atoms with Gasteiger partial charge in [-0.25, -0.2) is 9.78 Å². The molecule has 1 fully saturated rings. The number of aryl methyl sites for hydroxylation is 1. The molecular weight excluding hydrogens is 642 g/mol. The Hall–Kier alpha value is -3.82. The van der Waals surface area contributed by atoms with Gasteiger partial charge in [0.15, 0.2) is 0 Å². The minimum Gasteiger partial charge on any atom is -0.487 e. The number of rotatable bonds is 8. The largest absolute Gasteiger partial charge is 0.487 e. The SMILES string of the molecule is CCO[C@H]1CN(c2cccc(-c3cccc(Cl)c3OCc3cc(C)c4c(c3)CCN(C(=O)OC(C)(C)C)C4)n2)CC[C@H]1C(=O)OC(C)(C)C. The first-order valence-electron chi connectivity index (χ1n) is 17.2. The Labute approximate surface area is 295 Å². The second-order valence-corrected chi connectivity index (χ2v) is 15.3. The number of halogens is 1. The number of pyridine rings is 1.